The van der Waals surface area contributed by atoms with Gasteiger partial charge >= 0.3 is 0 Å². The maximum atomic E-state index is 13.4. The van der Waals surface area contributed by atoms with E-state index in [1.165, 1.54) is 35.5 Å². The Labute approximate surface area is 207 Å². The summed E-state index contributed by atoms with van der Waals surface area (Å²) < 4.78 is 26.5. The fourth-order valence-electron chi connectivity index (χ4n) is 4.45. The van der Waals surface area contributed by atoms with Crippen LogP contribution in [0, 0.1) is 11.6 Å². The van der Waals surface area contributed by atoms with Crippen molar-refractivity contribution in [3.63, 3.8) is 0 Å². The van der Waals surface area contributed by atoms with Crippen LogP contribution in [0.1, 0.15) is 24.1 Å². The number of aromatic amines is 1. The van der Waals surface area contributed by atoms with Crippen molar-refractivity contribution in [2.75, 3.05) is 5.75 Å². The minimum absolute atomic E-state index is 0. The van der Waals surface area contributed by atoms with Crippen molar-refractivity contribution < 1.29 is 8.78 Å². The van der Waals surface area contributed by atoms with Crippen LogP contribution < -0.4 is 5.32 Å². The minimum Gasteiger partial charge on any atom is -0.357 e. The van der Waals surface area contributed by atoms with Gasteiger partial charge in [-0.15, -0.1) is 24.2 Å². The van der Waals surface area contributed by atoms with Crippen molar-refractivity contribution >= 4 is 46.7 Å². The highest BCUT2D eigenvalue weighted by molar-refractivity contribution is 7.99. The molecule has 0 fully saturated rings. The van der Waals surface area contributed by atoms with E-state index in [1.54, 1.807) is 11.8 Å². The number of nitrogens with one attached hydrogen (secondary N) is 2. The highest BCUT2D eigenvalue weighted by Crippen LogP contribution is 2.38. The van der Waals surface area contributed by atoms with Crippen LogP contribution in [-0.2, 0) is 13.0 Å². The van der Waals surface area contributed by atoms with Crippen LogP contribution in [0.3, 0.4) is 0 Å². The van der Waals surface area contributed by atoms with Crippen molar-refractivity contribution in [2.24, 2.45) is 0 Å². The number of rotatable bonds is 6. The van der Waals surface area contributed by atoms with Gasteiger partial charge in [0.15, 0.2) is 0 Å². The zero-order chi connectivity index (χ0) is 22.1. The van der Waals surface area contributed by atoms with Crippen LogP contribution in [0.4, 0.5) is 8.78 Å². The van der Waals surface area contributed by atoms with Gasteiger partial charge in [-0.2, -0.15) is 0 Å². The Morgan fingerprint density at radius 3 is 2.36 bits per heavy atom. The number of fused-ring (bicyclic) bond motifs is 3. The van der Waals surface area contributed by atoms with Crippen LogP contribution in [0.25, 0.3) is 22.0 Å². The van der Waals surface area contributed by atoms with Crippen molar-refractivity contribution in [3.8, 4) is 11.1 Å². The third kappa shape index (κ3) is 5.22. The molecule has 2 nitrogen and oxygen atoms in total. The summed E-state index contributed by atoms with van der Waals surface area (Å²) in [4.78, 5) is 4.67. The van der Waals surface area contributed by atoms with E-state index < -0.39 is 0 Å². The number of H-pyrrole nitrogens is 1. The van der Waals surface area contributed by atoms with E-state index in [9.17, 15) is 8.78 Å². The summed E-state index contributed by atoms with van der Waals surface area (Å²) in [7, 11) is 0. The quantitative estimate of drug-likeness (QED) is 0.207. The number of aromatic nitrogens is 1. The molecule has 0 spiro atoms. The van der Waals surface area contributed by atoms with Gasteiger partial charge in [-0.3, -0.25) is 0 Å². The molecule has 4 aromatic rings. The van der Waals surface area contributed by atoms with E-state index in [4.69, 9.17) is 11.6 Å². The van der Waals surface area contributed by atoms with Crippen molar-refractivity contribution in [3.05, 3.63) is 88.6 Å². The van der Waals surface area contributed by atoms with Crippen LogP contribution in [-0.4, -0.2) is 16.8 Å². The molecule has 172 valence electrons. The Balaban J connectivity index is 0.00000259. The Bertz CT molecular complexity index is 1240. The topological polar surface area (TPSA) is 27.8 Å². The summed E-state index contributed by atoms with van der Waals surface area (Å²) in [5, 5.41) is 5.51. The standard InChI is InChI=1S/C26H23ClF2N2S.ClH/c27-23-12-11-21(16-3-5-17(28)6-4-16)25-22-15-30-19(14-24(22)31-26(23)25)2-1-13-32-20-9-7-18(29)8-10-20;/h3-12,19,30-31H,1-2,13-15H2;1H. The van der Waals surface area contributed by atoms with Gasteiger partial charge in [-0.1, -0.05) is 29.8 Å². The fourth-order valence-corrected chi connectivity index (χ4v) is 5.53. The molecular weight excluding hydrogens is 481 g/mol. The molecule has 5 rings (SSSR count). The molecule has 3 aromatic carbocycles. The Morgan fingerprint density at radius 1 is 0.939 bits per heavy atom. The highest BCUT2D eigenvalue weighted by Gasteiger charge is 2.24. The molecule has 0 amide bonds. The van der Waals surface area contributed by atoms with Crippen LogP contribution >= 0.6 is 35.8 Å². The van der Waals surface area contributed by atoms with Gasteiger partial charge in [0.05, 0.1) is 10.5 Å². The molecule has 1 unspecified atom stereocenters. The average Bonchev–Trinajstić information content (AvgIpc) is 3.19. The van der Waals surface area contributed by atoms with Crippen LogP contribution in [0.5, 0.6) is 0 Å². The smallest absolute Gasteiger partial charge is 0.123 e. The summed E-state index contributed by atoms with van der Waals surface area (Å²) in [6, 6.07) is 17.6. The third-order valence-corrected chi connectivity index (χ3v) is 7.46. The van der Waals surface area contributed by atoms with Gasteiger partial charge in [0.2, 0.25) is 0 Å². The lowest BCUT2D eigenvalue weighted by Gasteiger charge is -2.24. The van der Waals surface area contributed by atoms with E-state index in [-0.39, 0.29) is 24.0 Å². The van der Waals surface area contributed by atoms with Gasteiger partial charge in [-0.25, -0.2) is 8.78 Å². The largest absolute Gasteiger partial charge is 0.357 e. The lowest BCUT2D eigenvalue weighted by atomic mass is 9.94. The van der Waals surface area contributed by atoms with Crippen molar-refractivity contribution in [1.82, 2.24) is 10.3 Å². The second-order valence-electron chi connectivity index (χ2n) is 8.16. The molecule has 0 radical (unpaired) electrons. The first kappa shape index (κ1) is 24.1. The van der Waals surface area contributed by atoms with E-state index in [0.29, 0.717) is 11.1 Å². The summed E-state index contributed by atoms with van der Waals surface area (Å²) in [5.74, 6) is 0.568. The second-order valence-corrected chi connectivity index (χ2v) is 9.74. The average molecular weight is 505 g/mol. The minimum atomic E-state index is -0.239. The third-order valence-electron chi connectivity index (χ3n) is 6.05. The molecule has 0 saturated carbocycles. The first-order valence-electron chi connectivity index (χ1n) is 10.8. The highest BCUT2D eigenvalue weighted by atomic mass is 35.5. The molecule has 0 aliphatic carbocycles. The second kappa shape index (κ2) is 10.5. The predicted octanol–water partition coefficient (Wildman–Crippen LogP) is 7.78. The van der Waals surface area contributed by atoms with E-state index in [0.717, 1.165) is 58.5 Å². The van der Waals surface area contributed by atoms with Crippen molar-refractivity contribution in [2.45, 2.75) is 36.7 Å². The Hall–Kier alpha value is -2.05. The number of halogens is 4. The van der Waals surface area contributed by atoms with Gasteiger partial charge in [0.25, 0.3) is 0 Å². The summed E-state index contributed by atoms with van der Waals surface area (Å²) in [5.41, 5.74) is 5.48. The number of hydrogen-bond acceptors (Lipinski definition) is 2. The summed E-state index contributed by atoms with van der Waals surface area (Å²) in [6.07, 6.45) is 3.07. The van der Waals surface area contributed by atoms with Gasteiger partial charge in [0.1, 0.15) is 11.6 Å². The lowest BCUT2D eigenvalue weighted by molar-refractivity contribution is 0.447. The monoisotopic (exact) mass is 504 g/mol. The zero-order valence-electron chi connectivity index (χ0n) is 17.8. The van der Waals surface area contributed by atoms with Crippen LogP contribution in [0.2, 0.25) is 5.02 Å². The maximum Gasteiger partial charge on any atom is 0.123 e. The van der Waals surface area contributed by atoms with E-state index in [2.05, 4.69) is 10.3 Å². The molecule has 33 heavy (non-hydrogen) atoms. The molecule has 0 saturated heterocycles. The Morgan fingerprint density at radius 2 is 1.64 bits per heavy atom. The molecule has 1 atom stereocenters. The van der Waals surface area contributed by atoms with Gasteiger partial charge < -0.3 is 10.3 Å². The molecule has 0 bridgehead atoms. The fraction of sp³-hybridized carbons (Fsp3) is 0.231. The maximum absolute atomic E-state index is 13.4. The zero-order valence-corrected chi connectivity index (χ0v) is 20.2. The molecular formula is C26H24Cl2F2N2S. The Kier molecular flexibility index (Phi) is 7.65. The van der Waals surface area contributed by atoms with Crippen LogP contribution in [0.15, 0.2) is 65.6 Å². The first-order chi connectivity index (χ1) is 15.6. The number of thioether (sulfide) groups is 1. The summed E-state index contributed by atoms with van der Waals surface area (Å²) >= 11 is 8.29. The summed E-state index contributed by atoms with van der Waals surface area (Å²) in [6.45, 7) is 0.777. The number of hydrogen-bond donors (Lipinski definition) is 2. The normalized spacial score (nSPS) is 15.3. The molecule has 7 heteroatoms. The molecule has 1 aliphatic rings. The van der Waals surface area contributed by atoms with E-state index in [1.807, 2.05) is 36.4 Å². The van der Waals surface area contributed by atoms with Crippen molar-refractivity contribution in [1.29, 1.82) is 0 Å². The van der Waals surface area contributed by atoms with Gasteiger partial charge in [0, 0.05) is 35.0 Å². The molecule has 2 N–H and O–H groups in total. The van der Waals surface area contributed by atoms with E-state index >= 15 is 0 Å². The molecule has 2 heterocycles. The predicted molar refractivity (Wildman–Crippen MR) is 137 cm³/mol. The number of benzene rings is 3. The first-order valence-corrected chi connectivity index (χ1v) is 12.1. The lowest BCUT2D eigenvalue weighted by Crippen LogP contribution is -2.35. The molecule has 1 aromatic heterocycles. The SMILES string of the molecule is Cl.Fc1ccc(SCCCC2Cc3[nH]c4c(Cl)ccc(-c5ccc(F)cc5)c4c3CN2)cc1. The molecule has 1 aliphatic heterocycles. The van der Waals surface area contributed by atoms with Gasteiger partial charge in [-0.05, 0) is 77.7 Å².